The first-order chi connectivity index (χ1) is 12.8. The minimum absolute atomic E-state index is 0.321. The first-order valence-corrected chi connectivity index (χ1v) is 8.67. The molecule has 4 aromatic rings. The summed E-state index contributed by atoms with van der Waals surface area (Å²) >= 11 is 0. The van der Waals surface area contributed by atoms with Gasteiger partial charge in [0.15, 0.2) is 5.76 Å². The van der Waals surface area contributed by atoms with Gasteiger partial charge in [-0.3, -0.25) is 4.57 Å². The number of hydrogen-bond acceptors (Lipinski definition) is 2. The number of benzene rings is 3. The smallest absolute Gasteiger partial charge is 0.407 e. The Bertz CT molecular complexity index is 1030. The third kappa shape index (κ3) is 3.38. The van der Waals surface area contributed by atoms with Crippen LogP contribution in [0.5, 0.6) is 0 Å². The highest BCUT2D eigenvalue weighted by Crippen LogP contribution is 2.25. The van der Waals surface area contributed by atoms with Gasteiger partial charge in [-0.25, -0.2) is 4.79 Å². The Morgan fingerprint density at radius 2 is 1.23 bits per heavy atom. The molecule has 0 saturated heterocycles. The molecule has 0 radical (unpaired) electrons. The van der Waals surface area contributed by atoms with Gasteiger partial charge in [0.05, 0.1) is 12.2 Å². The van der Waals surface area contributed by atoms with Gasteiger partial charge in [-0.1, -0.05) is 91.0 Å². The lowest BCUT2D eigenvalue weighted by Gasteiger charge is -2.09. The summed E-state index contributed by atoms with van der Waals surface area (Å²) in [5.74, 6) is 0.328. The van der Waals surface area contributed by atoms with Gasteiger partial charge in [0, 0.05) is 12.0 Å². The predicted molar refractivity (Wildman–Crippen MR) is 103 cm³/mol. The van der Waals surface area contributed by atoms with E-state index in [0.29, 0.717) is 18.7 Å². The zero-order valence-corrected chi connectivity index (χ0v) is 14.3. The normalized spacial score (nSPS) is 10.8. The van der Waals surface area contributed by atoms with E-state index in [0.717, 1.165) is 22.4 Å². The third-order valence-electron chi connectivity index (χ3n) is 4.43. The summed E-state index contributed by atoms with van der Waals surface area (Å²) in [4.78, 5) is 12.6. The van der Waals surface area contributed by atoms with Gasteiger partial charge in [-0.05, 0) is 11.1 Å². The summed E-state index contributed by atoms with van der Waals surface area (Å²) in [6.07, 6.45) is 0.643. The van der Waals surface area contributed by atoms with E-state index in [9.17, 15) is 4.79 Å². The van der Waals surface area contributed by atoms with E-state index in [-0.39, 0.29) is 5.76 Å². The van der Waals surface area contributed by atoms with Gasteiger partial charge in [0.25, 0.3) is 0 Å². The molecule has 0 atom stereocenters. The number of hydrogen-bond donors (Lipinski definition) is 0. The molecule has 3 heteroatoms. The molecule has 1 heterocycles. The molecule has 4 rings (SSSR count). The van der Waals surface area contributed by atoms with Crippen molar-refractivity contribution in [2.45, 2.75) is 13.0 Å². The van der Waals surface area contributed by atoms with Crippen molar-refractivity contribution in [3.05, 3.63) is 118 Å². The average Bonchev–Trinajstić information content (AvgIpc) is 3.00. The molecule has 26 heavy (non-hydrogen) atoms. The van der Waals surface area contributed by atoms with Crippen molar-refractivity contribution in [1.82, 2.24) is 4.57 Å². The topological polar surface area (TPSA) is 35.1 Å². The molecule has 1 aromatic heterocycles. The molecular weight excluding hydrogens is 322 g/mol. The Labute approximate surface area is 152 Å². The van der Waals surface area contributed by atoms with E-state index < -0.39 is 0 Å². The molecule has 0 saturated carbocycles. The molecule has 0 bridgehead atoms. The van der Waals surface area contributed by atoms with Crippen LogP contribution in [-0.2, 0) is 13.0 Å². The summed E-state index contributed by atoms with van der Waals surface area (Å²) in [5.41, 5.74) is 4.04. The second-order valence-corrected chi connectivity index (χ2v) is 6.24. The third-order valence-corrected chi connectivity index (χ3v) is 4.43. The number of nitrogens with zero attached hydrogens (tertiary/aromatic N) is 1. The van der Waals surface area contributed by atoms with Gasteiger partial charge in [-0.15, -0.1) is 0 Å². The summed E-state index contributed by atoms with van der Waals surface area (Å²) in [7, 11) is 0. The van der Waals surface area contributed by atoms with Crippen LogP contribution in [0.2, 0.25) is 0 Å². The summed E-state index contributed by atoms with van der Waals surface area (Å²) in [6, 6.07) is 29.9. The minimum atomic E-state index is -0.321. The van der Waals surface area contributed by atoms with Gasteiger partial charge < -0.3 is 4.42 Å². The van der Waals surface area contributed by atoms with Crippen molar-refractivity contribution < 1.29 is 4.42 Å². The van der Waals surface area contributed by atoms with Gasteiger partial charge >= 0.3 is 5.76 Å². The van der Waals surface area contributed by atoms with E-state index >= 15 is 0 Å². The van der Waals surface area contributed by atoms with Crippen molar-refractivity contribution in [2.24, 2.45) is 0 Å². The number of rotatable bonds is 5. The maximum absolute atomic E-state index is 12.6. The Balaban J connectivity index is 1.82. The highest BCUT2D eigenvalue weighted by Gasteiger charge is 2.18. The standard InChI is InChI=1S/C23H19NO2/c25-23-24(17-19-12-6-2-7-13-19)21(16-18-10-4-1-5-11-18)22(26-23)20-14-8-3-9-15-20/h1-15H,16-17H2. The molecule has 0 amide bonds. The predicted octanol–water partition coefficient (Wildman–Crippen LogP) is 4.75. The SMILES string of the molecule is O=c1oc(-c2ccccc2)c(Cc2ccccc2)n1Cc1ccccc1. The van der Waals surface area contributed by atoms with Crippen LogP contribution in [0.15, 0.2) is 100 Å². The molecule has 0 fully saturated rings. The second kappa shape index (κ2) is 7.28. The monoisotopic (exact) mass is 341 g/mol. The van der Waals surface area contributed by atoms with Gasteiger partial charge in [0.1, 0.15) is 0 Å². The average molecular weight is 341 g/mol. The van der Waals surface area contributed by atoms with Crippen LogP contribution >= 0.6 is 0 Å². The Hall–Kier alpha value is -3.33. The quantitative estimate of drug-likeness (QED) is 0.525. The summed E-state index contributed by atoms with van der Waals surface area (Å²) in [6.45, 7) is 0.498. The molecule has 0 aliphatic carbocycles. The Kier molecular flexibility index (Phi) is 4.52. The second-order valence-electron chi connectivity index (χ2n) is 6.24. The Morgan fingerprint density at radius 1 is 0.692 bits per heavy atom. The van der Waals surface area contributed by atoms with Crippen LogP contribution in [0.4, 0.5) is 0 Å². The molecule has 3 aromatic carbocycles. The van der Waals surface area contributed by atoms with Crippen molar-refractivity contribution in [2.75, 3.05) is 0 Å². The zero-order valence-electron chi connectivity index (χ0n) is 14.3. The van der Waals surface area contributed by atoms with E-state index in [1.807, 2.05) is 78.9 Å². The lowest BCUT2D eigenvalue weighted by molar-refractivity contribution is 0.496. The fraction of sp³-hybridized carbons (Fsp3) is 0.0870. The summed E-state index contributed by atoms with van der Waals surface area (Å²) < 4.78 is 7.42. The Morgan fingerprint density at radius 3 is 1.85 bits per heavy atom. The fourth-order valence-corrected chi connectivity index (χ4v) is 3.14. The molecule has 3 nitrogen and oxygen atoms in total. The molecule has 0 N–H and O–H groups in total. The van der Waals surface area contributed by atoms with E-state index in [2.05, 4.69) is 12.1 Å². The van der Waals surface area contributed by atoms with Crippen LogP contribution in [0, 0.1) is 0 Å². The highest BCUT2D eigenvalue weighted by atomic mass is 16.4. The van der Waals surface area contributed by atoms with Crippen molar-refractivity contribution >= 4 is 0 Å². The van der Waals surface area contributed by atoms with Crippen LogP contribution in [0.25, 0.3) is 11.3 Å². The number of oxazole rings is 1. The zero-order chi connectivity index (χ0) is 17.8. The van der Waals surface area contributed by atoms with Crippen LogP contribution < -0.4 is 5.76 Å². The van der Waals surface area contributed by atoms with Crippen molar-refractivity contribution in [1.29, 1.82) is 0 Å². The number of aromatic nitrogens is 1. The first-order valence-electron chi connectivity index (χ1n) is 8.67. The van der Waals surface area contributed by atoms with Gasteiger partial charge in [-0.2, -0.15) is 0 Å². The fourth-order valence-electron chi connectivity index (χ4n) is 3.14. The molecule has 0 aliphatic rings. The van der Waals surface area contributed by atoms with Crippen molar-refractivity contribution in [3.63, 3.8) is 0 Å². The van der Waals surface area contributed by atoms with E-state index in [1.54, 1.807) is 4.57 Å². The van der Waals surface area contributed by atoms with Gasteiger partial charge in [0.2, 0.25) is 0 Å². The van der Waals surface area contributed by atoms with Crippen LogP contribution in [-0.4, -0.2) is 4.57 Å². The van der Waals surface area contributed by atoms with E-state index in [4.69, 9.17) is 4.42 Å². The molecular formula is C23H19NO2. The largest absolute Gasteiger partial charge is 0.420 e. The maximum Gasteiger partial charge on any atom is 0.420 e. The van der Waals surface area contributed by atoms with Crippen LogP contribution in [0.3, 0.4) is 0 Å². The molecule has 0 spiro atoms. The van der Waals surface area contributed by atoms with Crippen molar-refractivity contribution in [3.8, 4) is 11.3 Å². The van der Waals surface area contributed by atoms with Crippen LogP contribution in [0.1, 0.15) is 16.8 Å². The lowest BCUT2D eigenvalue weighted by Crippen LogP contribution is -2.18. The maximum atomic E-state index is 12.6. The first kappa shape index (κ1) is 16.2. The minimum Gasteiger partial charge on any atom is -0.407 e. The highest BCUT2D eigenvalue weighted by molar-refractivity contribution is 5.60. The molecule has 0 aliphatic heterocycles. The summed E-state index contributed by atoms with van der Waals surface area (Å²) in [5, 5.41) is 0. The molecule has 0 unspecified atom stereocenters. The van der Waals surface area contributed by atoms with E-state index in [1.165, 1.54) is 0 Å². The lowest BCUT2D eigenvalue weighted by atomic mass is 10.0. The molecule has 128 valence electrons.